The Hall–Kier alpha value is -0.560. The first-order chi connectivity index (χ1) is 19.3. The standard InChI is InChI=1S/C40H78O/c1-33(2)19-13-22-36(5)25-16-28-37(6)26-14-23-34(3)20-11-12-21-35(4)24-15-27-38(7)29-17-30-39(8)31-18-32-40(9,10)41/h13,16,22,28,33-39,41H,11-12,14-15,17-21,23-27,29-32H2,1-10H3/b22-13+,28-16+/t34-,35-,36-,37+,38+,39-/m1/s1. The fourth-order valence-corrected chi connectivity index (χ4v) is 6.15. The summed E-state index contributed by atoms with van der Waals surface area (Å²) >= 11 is 0. The minimum absolute atomic E-state index is 0.496. The van der Waals surface area contributed by atoms with Crippen molar-refractivity contribution < 1.29 is 5.11 Å². The highest BCUT2D eigenvalue weighted by Gasteiger charge is 2.13. The highest BCUT2D eigenvalue weighted by Crippen LogP contribution is 2.25. The second-order valence-corrected chi connectivity index (χ2v) is 15.9. The zero-order valence-electron chi connectivity index (χ0n) is 30.0. The number of aliphatic hydroxyl groups is 1. The van der Waals surface area contributed by atoms with E-state index in [2.05, 4.69) is 79.7 Å². The molecule has 0 aromatic rings. The van der Waals surface area contributed by atoms with Crippen LogP contribution in [-0.4, -0.2) is 10.7 Å². The molecule has 41 heavy (non-hydrogen) atoms. The second kappa shape index (κ2) is 24.8. The number of allylic oxidation sites excluding steroid dienone is 4. The Balaban J connectivity index is 3.74. The highest BCUT2D eigenvalue weighted by atomic mass is 16.3. The first kappa shape index (κ1) is 40.4. The van der Waals surface area contributed by atoms with Crippen LogP contribution in [0.4, 0.5) is 0 Å². The zero-order valence-corrected chi connectivity index (χ0v) is 30.0. The third-order valence-electron chi connectivity index (χ3n) is 9.32. The van der Waals surface area contributed by atoms with Gasteiger partial charge in [0.1, 0.15) is 0 Å². The van der Waals surface area contributed by atoms with Gasteiger partial charge in [0, 0.05) is 0 Å². The molecule has 0 amide bonds. The topological polar surface area (TPSA) is 20.2 Å². The minimum Gasteiger partial charge on any atom is -0.390 e. The van der Waals surface area contributed by atoms with Crippen LogP contribution in [0.5, 0.6) is 0 Å². The van der Waals surface area contributed by atoms with E-state index in [1.165, 1.54) is 103 Å². The van der Waals surface area contributed by atoms with Crippen LogP contribution in [0.3, 0.4) is 0 Å². The summed E-state index contributed by atoms with van der Waals surface area (Å²) < 4.78 is 0. The Labute approximate surface area is 260 Å². The fourth-order valence-electron chi connectivity index (χ4n) is 6.15. The lowest BCUT2D eigenvalue weighted by molar-refractivity contribution is 0.0668. The molecule has 244 valence electrons. The Kier molecular flexibility index (Phi) is 24.5. The van der Waals surface area contributed by atoms with Gasteiger partial charge in [-0.15, -0.1) is 0 Å². The molecule has 0 aromatic heterocycles. The van der Waals surface area contributed by atoms with Crippen LogP contribution >= 0.6 is 0 Å². The van der Waals surface area contributed by atoms with E-state index in [0.29, 0.717) is 5.92 Å². The summed E-state index contributed by atoms with van der Waals surface area (Å²) in [5, 5.41) is 9.88. The molecule has 0 aromatic carbocycles. The van der Waals surface area contributed by atoms with Crippen LogP contribution in [0.2, 0.25) is 0 Å². The summed E-state index contributed by atoms with van der Waals surface area (Å²) in [5.74, 6) is 5.61. The average Bonchev–Trinajstić information content (AvgIpc) is 2.85. The van der Waals surface area contributed by atoms with Gasteiger partial charge in [0.25, 0.3) is 0 Å². The lowest BCUT2D eigenvalue weighted by Gasteiger charge is -2.19. The Morgan fingerprint density at radius 3 is 1.27 bits per heavy atom. The van der Waals surface area contributed by atoms with E-state index in [9.17, 15) is 5.11 Å². The lowest BCUT2D eigenvalue weighted by atomic mass is 9.89. The van der Waals surface area contributed by atoms with Gasteiger partial charge in [-0.25, -0.2) is 0 Å². The van der Waals surface area contributed by atoms with Gasteiger partial charge in [-0.05, 0) is 81.0 Å². The monoisotopic (exact) mass is 575 g/mol. The molecule has 0 heterocycles. The quantitative estimate of drug-likeness (QED) is 0.0764. The average molecular weight is 575 g/mol. The molecule has 0 spiro atoms. The second-order valence-electron chi connectivity index (χ2n) is 15.9. The van der Waals surface area contributed by atoms with Gasteiger partial charge in [0.15, 0.2) is 0 Å². The minimum atomic E-state index is -0.496. The van der Waals surface area contributed by atoms with E-state index in [1.54, 1.807) is 0 Å². The molecule has 0 saturated heterocycles. The Morgan fingerprint density at radius 2 is 0.829 bits per heavy atom. The van der Waals surface area contributed by atoms with Crippen LogP contribution in [-0.2, 0) is 0 Å². The maximum absolute atomic E-state index is 9.88. The molecule has 6 atom stereocenters. The van der Waals surface area contributed by atoms with Crippen molar-refractivity contribution in [2.45, 2.75) is 190 Å². The molecule has 0 radical (unpaired) electrons. The van der Waals surface area contributed by atoms with Crippen molar-refractivity contribution in [1.82, 2.24) is 0 Å². The van der Waals surface area contributed by atoms with Crippen LogP contribution in [0.1, 0.15) is 185 Å². The van der Waals surface area contributed by atoms with E-state index < -0.39 is 5.60 Å². The van der Waals surface area contributed by atoms with Crippen molar-refractivity contribution in [2.24, 2.45) is 41.4 Å². The van der Waals surface area contributed by atoms with Gasteiger partial charge in [0.05, 0.1) is 5.60 Å². The molecular formula is C40H78O. The van der Waals surface area contributed by atoms with Gasteiger partial charge < -0.3 is 5.11 Å². The smallest absolute Gasteiger partial charge is 0.0591 e. The van der Waals surface area contributed by atoms with E-state index >= 15 is 0 Å². The van der Waals surface area contributed by atoms with Crippen molar-refractivity contribution in [2.75, 3.05) is 0 Å². The molecule has 0 unspecified atom stereocenters. The van der Waals surface area contributed by atoms with Crippen molar-refractivity contribution in [3.05, 3.63) is 24.3 Å². The van der Waals surface area contributed by atoms with Gasteiger partial charge in [-0.1, -0.05) is 170 Å². The van der Waals surface area contributed by atoms with E-state index in [4.69, 9.17) is 0 Å². The van der Waals surface area contributed by atoms with Crippen molar-refractivity contribution in [1.29, 1.82) is 0 Å². The van der Waals surface area contributed by atoms with Crippen LogP contribution < -0.4 is 0 Å². The first-order valence-corrected chi connectivity index (χ1v) is 18.3. The number of hydrogen-bond donors (Lipinski definition) is 1. The molecule has 0 aliphatic heterocycles. The van der Waals surface area contributed by atoms with Crippen molar-refractivity contribution >= 4 is 0 Å². The summed E-state index contributed by atoms with van der Waals surface area (Å²) in [6.45, 7) is 23.0. The molecular weight excluding hydrogens is 496 g/mol. The largest absolute Gasteiger partial charge is 0.390 e. The maximum Gasteiger partial charge on any atom is 0.0591 e. The molecule has 0 aliphatic rings. The van der Waals surface area contributed by atoms with Gasteiger partial charge in [-0.3, -0.25) is 0 Å². The molecule has 0 aliphatic carbocycles. The predicted molar refractivity (Wildman–Crippen MR) is 188 cm³/mol. The highest BCUT2D eigenvalue weighted by molar-refractivity contribution is 4.94. The van der Waals surface area contributed by atoms with Crippen LogP contribution in [0.15, 0.2) is 24.3 Å². The first-order valence-electron chi connectivity index (χ1n) is 18.3. The summed E-state index contributed by atoms with van der Waals surface area (Å²) in [5.41, 5.74) is -0.496. The number of hydrogen-bond acceptors (Lipinski definition) is 1. The fraction of sp³-hybridized carbons (Fsp3) is 0.900. The molecule has 1 heteroatoms. The summed E-state index contributed by atoms with van der Waals surface area (Å²) in [4.78, 5) is 0. The molecule has 1 N–H and O–H groups in total. The third kappa shape index (κ3) is 29.3. The normalized spacial score (nSPS) is 17.4. The summed E-state index contributed by atoms with van der Waals surface area (Å²) in [6.07, 6.45) is 33.6. The molecule has 0 fully saturated rings. The molecule has 0 saturated carbocycles. The molecule has 1 nitrogen and oxygen atoms in total. The van der Waals surface area contributed by atoms with E-state index in [1.807, 2.05) is 13.8 Å². The maximum atomic E-state index is 9.88. The van der Waals surface area contributed by atoms with Gasteiger partial charge >= 0.3 is 0 Å². The van der Waals surface area contributed by atoms with Crippen LogP contribution in [0, 0.1) is 41.4 Å². The summed E-state index contributed by atoms with van der Waals surface area (Å²) in [7, 11) is 0. The predicted octanol–water partition coefficient (Wildman–Crippen LogP) is 13.4. The van der Waals surface area contributed by atoms with Gasteiger partial charge in [-0.2, -0.15) is 0 Å². The van der Waals surface area contributed by atoms with Crippen LogP contribution in [0.25, 0.3) is 0 Å². The Bertz CT molecular complexity index is 623. The lowest BCUT2D eigenvalue weighted by Crippen LogP contribution is -2.18. The Morgan fingerprint density at radius 1 is 0.463 bits per heavy atom. The molecule has 0 bridgehead atoms. The SMILES string of the molecule is CC(C)C/C=C/[C@@H](C)C/C=C/[C@@H](C)CCC[C@H](C)CCCC[C@@H](C)CCC[C@H](C)CCC[C@@H](C)CCCC(C)(C)O. The van der Waals surface area contributed by atoms with E-state index in [0.717, 1.165) is 48.3 Å². The van der Waals surface area contributed by atoms with E-state index in [-0.39, 0.29) is 0 Å². The third-order valence-corrected chi connectivity index (χ3v) is 9.32. The van der Waals surface area contributed by atoms with Crippen molar-refractivity contribution in [3.8, 4) is 0 Å². The number of unbranched alkanes of at least 4 members (excludes halogenated alkanes) is 1. The summed E-state index contributed by atoms with van der Waals surface area (Å²) in [6, 6.07) is 0. The van der Waals surface area contributed by atoms with Gasteiger partial charge in [0.2, 0.25) is 0 Å². The van der Waals surface area contributed by atoms with Crippen molar-refractivity contribution in [3.63, 3.8) is 0 Å². The zero-order chi connectivity index (χ0) is 31.1. The number of rotatable bonds is 27. The molecule has 0 rings (SSSR count).